The van der Waals surface area contributed by atoms with Gasteiger partial charge in [-0.1, -0.05) is 31.2 Å². The topological polar surface area (TPSA) is 69.9 Å². The molecule has 0 saturated heterocycles. The van der Waals surface area contributed by atoms with E-state index >= 15 is 0 Å². The number of ether oxygens (including phenoxy) is 1. The Labute approximate surface area is 165 Å². The Morgan fingerprint density at radius 1 is 1.07 bits per heavy atom. The Morgan fingerprint density at radius 3 is 2.31 bits per heavy atom. The van der Waals surface area contributed by atoms with Crippen LogP contribution in [0.4, 0.5) is 13.2 Å². The highest BCUT2D eigenvalue weighted by atomic mass is 19.4. The summed E-state index contributed by atoms with van der Waals surface area (Å²) in [6.45, 7) is 3.89. The van der Waals surface area contributed by atoms with E-state index in [4.69, 9.17) is 4.74 Å². The molecule has 2 heterocycles. The van der Waals surface area contributed by atoms with E-state index in [1.807, 2.05) is 13.8 Å². The molecule has 0 aliphatic heterocycles. The molecule has 0 fully saturated rings. The molecule has 0 amide bonds. The van der Waals surface area contributed by atoms with E-state index in [0.717, 1.165) is 12.1 Å². The number of pyridine rings is 1. The second kappa shape index (κ2) is 8.42. The Hall–Kier alpha value is -3.23. The SMILES string of the molecule is CC(C)COC(=O)Cn1nnc(-c2ccncc2)c1-c1ccc(C(F)(F)F)cc1. The maximum atomic E-state index is 12.9. The third kappa shape index (κ3) is 4.98. The molecule has 0 atom stereocenters. The highest BCUT2D eigenvalue weighted by molar-refractivity contribution is 5.79. The van der Waals surface area contributed by atoms with Gasteiger partial charge in [0.15, 0.2) is 0 Å². The number of carbonyl (C=O) groups excluding carboxylic acids is 1. The lowest BCUT2D eigenvalue weighted by molar-refractivity contribution is -0.145. The maximum Gasteiger partial charge on any atom is 0.416 e. The van der Waals surface area contributed by atoms with Gasteiger partial charge in [0.05, 0.1) is 17.9 Å². The summed E-state index contributed by atoms with van der Waals surface area (Å²) in [6, 6.07) is 8.06. The highest BCUT2D eigenvalue weighted by Gasteiger charge is 2.30. The van der Waals surface area contributed by atoms with Gasteiger partial charge in [-0.2, -0.15) is 13.2 Å². The van der Waals surface area contributed by atoms with Crippen molar-refractivity contribution in [3.63, 3.8) is 0 Å². The summed E-state index contributed by atoms with van der Waals surface area (Å²) in [5.74, 6) is -0.325. The van der Waals surface area contributed by atoms with Crippen LogP contribution in [0.2, 0.25) is 0 Å². The quantitative estimate of drug-likeness (QED) is 0.575. The normalized spacial score (nSPS) is 11.7. The zero-order chi connectivity index (χ0) is 21.0. The largest absolute Gasteiger partial charge is 0.464 e. The van der Waals surface area contributed by atoms with Gasteiger partial charge in [0.25, 0.3) is 0 Å². The molecule has 0 spiro atoms. The zero-order valence-corrected chi connectivity index (χ0v) is 15.8. The van der Waals surface area contributed by atoms with Gasteiger partial charge < -0.3 is 4.74 Å². The second-order valence-electron chi connectivity index (χ2n) is 6.83. The molecule has 0 N–H and O–H groups in total. The van der Waals surface area contributed by atoms with Gasteiger partial charge in [0.2, 0.25) is 0 Å². The molecule has 3 aromatic rings. The first kappa shape index (κ1) is 20.5. The van der Waals surface area contributed by atoms with Gasteiger partial charge in [0.1, 0.15) is 12.2 Å². The third-order valence-corrected chi connectivity index (χ3v) is 4.03. The molecule has 9 heteroatoms. The molecule has 0 radical (unpaired) electrons. The van der Waals surface area contributed by atoms with Crippen LogP contribution in [0, 0.1) is 5.92 Å². The fraction of sp³-hybridized carbons (Fsp3) is 0.300. The van der Waals surface area contributed by atoms with Crippen LogP contribution < -0.4 is 0 Å². The summed E-state index contributed by atoms with van der Waals surface area (Å²) in [7, 11) is 0. The van der Waals surface area contributed by atoms with Crippen molar-refractivity contribution in [1.82, 2.24) is 20.0 Å². The zero-order valence-electron chi connectivity index (χ0n) is 15.8. The van der Waals surface area contributed by atoms with Crippen LogP contribution in [0.1, 0.15) is 19.4 Å². The first-order chi connectivity index (χ1) is 13.8. The predicted octanol–water partition coefficient (Wildman–Crippen LogP) is 4.23. The Bertz CT molecular complexity index is 968. The average Bonchev–Trinajstić information content (AvgIpc) is 3.10. The number of esters is 1. The van der Waals surface area contributed by atoms with Crippen molar-refractivity contribution in [3.8, 4) is 22.5 Å². The van der Waals surface area contributed by atoms with E-state index in [2.05, 4.69) is 15.3 Å². The third-order valence-electron chi connectivity index (χ3n) is 4.03. The average molecular weight is 404 g/mol. The lowest BCUT2D eigenvalue weighted by Crippen LogP contribution is -2.18. The molecule has 29 heavy (non-hydrogen) atoms. The molecule has 0 aliphatic carbocycles. The van der Waals surface area contributed by atoms with Gasteiger partial charge in [-0.05, 0) is 30.2 Å². The van der Waals surface area contributed by atoms with E-state index < -0.39 is 17.7 Å². The summed E-state index contributed by atoms with van der Waals surface area (Å²) in [6.07, 6.45) is -1.30. The molecule has 3 rings (SSSR count). The van der Waals surface area contributed by atoms with Crippen LogP contribution in [0.5, 0.6) is 0 Å². The van der Waals surface area contributed by atoms with E-state index in [9.17, 15) is 18.0 Å². The van der Waals surface area contributed by atoms with Crippen LogP contribution in [0.3, 0.4) is 0 Å². The molecule has 6 nitrogen and oxygen atoms in total. The van der Waals surface area contributed by atoms with Crippen molar-refractivity contribution in [2.75, 3.05) is 6.61 Å². The number of carbonyl (C=O) groups is 1. The van der Waals surface area contributed by atoms with Gasteiger partial charge in [-0.15, -0.1) is 5.10 Å². The van der Waals surface area contributed by atoms with Gasteiger partial charge in [-0.3, -0.25) is 9.78 Å². The molecule has 2 aromatic heterocycles. The van der Waals surface area contributed by atoms with Crippen molar-refractivity contribution in [2.24, 2.45) is 5.92 Å². The molecule has 1 aromatic carbocycles. The molecule has 152 valence electrons. The van der Waals surface area contributed by atoms with E-state index in [0.29, 0.717) is 22.5 Å². The minimum absolute atomic E-state index is 0.177. The Morgan fingerprint density at radius 2 is 1.72 bits per heavy atom. The monoisotopic (exact) mass is 404 g/mol. The molecular weight excluding hydrogens is 385 g/mol. The van der Waals surface area contributed by atoms with Crippen LogP contribution >= 0.6 is 0 Å². The maximum absolute atomic E-state index is 12.9. The van der Waals surface area contributed by atoms with Crippen molar-refractivity contribution in [1.29, 1.82) is 0 Å². The van der Waals surface area contributed by atoms with Crippen LogP contribution in [0.15, 0.2) is 48.8 Å². The highest BCUT2D eigenvalue weighted by Crippen LogP contribution is 2.34. The van der Waals surface area contributed by atoms with Gasteiger partial charge in [-0.25, -0.2) is 4.68 Å². The number of hydrogen-bond acceptors (Lipinski definition) is 5. The first-order valence-corrected chi connectivity index (χ1v) is 8.93. The molecule has 0 aliphatic rings. The standard InChI is InChI=1S/C20H19F3N4O2/c1-13(2)12-29-17(28)11-27-19(15-3-5-16(6-4-15)20(21,22)23)18(25-26-27)14-7-9-24-10-8-14/h3-10,13H,11-12H2,1-2H3. The number of benzene rings is 1. The van der Waals surface area contributed by atoms with Crippen molar-refractivity contribution >= 4 is 5.97 Å². The number of alkyl halides is 3. The van der Waals surface area contributed by atoms with E-state index in [-0.39, 0.29) is 19.1 Å². The van der Waals surface area contributed by atoms with Crippen molar-refractivity contribution in [3.05, 3.63) is 54.4 Å². The van der Waals surface area contributed by atoms with Crippen LogP contribution in [-0.4, -0.2) is 32.6 Å². The van der Waals surface area contributed by atoms with Crippen LogP contribution in [-0.2, 0) is 22.3 Å². The number of halogens is 3. The molecular formula is C20H19F3N4O2. The smallest absolute Gasteiger partial charge is 0.416 e. The lowest BCUT2D eigenvalue weighted by atomic mass is 10.0. The minimum Gasteiger partial charge on any atom is -0.464 e. The summed E-state index contributed by atoms with van der Waals surface area (Å²) in [4.78, 5) is 16.1. The summed E-state index contributed by atoms with van der Waals surface area (Å²) in [5, 5.41) is 8.17. The van der Waals surface area contributed by atoms with E-state index in [1.165, 1.54) is 16.8 Å². The minimum atomic E-state index is -4.44. The number of nitrogens with zero attached hydrogens (tertiary/aromatic N) is 4. The number of rotatable bonds is 6. The van der Waals surface area contributed by atoms with Crippen LogP contribution in [0.25, 0.3) is 22.5 Å². The van der Waals surface area contributed by atoms with Gasteiger partial charge in [0, 0.05) is 23.5 Å². The van der Waals surface area contributed by atoms with Crippen molar-refractivity contribution < 1.29 is 22.7 Å². The summed E-state index contributed by atoms with van der Waals surface area (Å²) >= 11 is 0. The Kier molecular flexibility index (Phi) is 5.95. The fourth-order valence-electron chi connectivity index (χ4n) is 2.66. The molecule has 0 bridgehead atoms. The number of aromatic nitrogens is 4. The predicted molar refractivity (Wildman–Crippen MR) is 99.5 cm³/mol. The fourth-order valence-corrected chi connectivity index (χ4v) is 2.66. The first-order valence-electron chi connectivity index (χ1n) is 8.93. The van der Waals surface area contributed by atoms with E-state index in [1.54, 1.807) is 24.5 Å². The van der Waals surface area contributed by atoms with Gasteiger partial charge >= 0.3 is 12.1 Å². The number of hydrogen-bond donors (Lipinski definition) is 0. The lowest BCUT2D eigenvalue weighted by Gasteiger charge is -2.11. The summed E-state index contributed by atoms with van der Waals surface area (Å²) in [5.41, 5.74) is 1.22. The van der Waals surface area contributed by atoms with Crippen molar-refractivity contribution in [2.45, 2.75) is 26.6 Å². The molecule has 0 unspecified atom stereocenters. The molecule has 0 saturated carbocycles. The second-order valence-corrected chi connectivity index (χ2v) is 6.83. The Balaban J connectivity index is 2.00. The summed E-state index contributed by atoms with van der Waals surface area (Å²) < 4.78 is 45.3.